The zero-order valence-electron chi connectivity index (χ0n) is 8.70. The number of halogens is 2. The Morgan fingerprint density at radius 2 is 2.50 bits per heavy atom. The highest BCUT2D eigenvalue weighted by atomic mass is 35.5. The summed E-state index contributed by atoms with van der Waals surface area (Å²) in [5, 5.41) is 0. The highest BCUT2D eigenvalue weighted by Crippen LogP contribution is 2.20. The zero-order chi connectivity index (χ0) is 11.5. The molecule has 86 valence electrons. The Balaban J connectivity index is 2.12. The molecule has 0 bridgehead atoms. The van der Waals surface area contributed by atoms with Crippen LogP contribution in [-0.2, 0) is 0 Å². The summed E-state index contributed by atoms with van der Waals surface area (Å²) in [7, 11) is 0. The molecule has 1 saturated heterocycles. The molecule has 0 spiro atoms. The van der Waals surface area contributed by atoms with E-state index >= 15 is 0 Å². The number of aromatic nitrogens is 1. The van der Waals surface area contributed by atoms with Gasteiger partial charge in [-0.05, 0) is 18.4 Å². The van der Waals surface area contributed by atoms with E-state index in [9.17, 15) is 9.18 Å². The van der Waals surface area contributed by atoms with Gasteiger partial charge in [-0.3, -0.25) is 9.78 Å². The van der Waals surface area contributed by atoms with Gasteiger partial charge in [0.15, 0.2) is 5.82 Å². The fraction of sp³-hybridized carbons (Fsp3) is 0.455. The van der Waals surface area contributed by atoms with Gasteiger partial charge in [0, 0.05) is 25.2 Å². The molecule has 0 saturated carbocycles. The lowest BCUT2D eigenvalue weighted by molar-refractivity contribution is 0.0783. The molecular formula is C11H12ClFN2O. The Bertz CT molecular complexity index is 399. The van der Waals surface area contributed by atoms with Crippen molar-refractivity contribution in [2.45, 2.75) is 6.42 Å². The maximum Gasteiger partial charge on any atom is 0.256 e. The van der Waals surface area contributed by atoms with Gasteiger partial charge >= 0.3 is 0 Å². The second kappa shape index (κ2) is 4.78. The van der Waals surface area contributed by atoms with E-state index < -0.39 is 5.82 Å². The molecule has 1 atom stereocenters. The Morgan fingerprint density at radius 1 is 1.69 bits per heavy atom. The number of carbonyl (C=O) groups excluding carboxylic acids is 1. The summed E-state index contributed by atoms with van der Waals surface area (Å²) in [5.41, 5.74) is 0.0882. The molecule has 2 rings (SSSR count). The standard InChI is InChI=1S/C11H12ClFN2O/c12-5-8-2-4-15(7-8)11(16)9-1-3-14-6-10(9)13/h1,3,6,8H,2,4-5,7H2. The molecular weight excluding hydrogens is 231 g/mol. The molecule has 3 nitrogen and oxygen atoms in total. The Morgan fingerprint density at radius 3 is 3.12 bits per heavy atom. The van der Waals surface area contributed by atoms with Gasteiger partial charge in [-0.1, -0.05) is 0 Å². The number of alkyl halides is 1. The number of rotatable bonds is 2. The number of hydrogen-bond acceptors (Lipinski definition) is 2. The van der Waals surface area contributed by atoms with Crippen LogP contribution in [-0.4, -0.2) is 34.8 Å². The third-order valence-corrected chi connectivity index (χ3v) is 3.23. The van der Waals surface area contributed by atoms with Crippen LogP contribution in [0.1, 0.15) is 16.8 Å². The molecule has 1 aromatic rings. The lowest BCUT2D eigenvalue weighted by atomic mass is 10.2. The minimum Gasteiger partial charge on any atom is -0.338 e. The molecule has 0 aromatic carbocycles. The third-order valence-electron chi connectivity index (χ3n) is 2.79. The molecule has 16 heavy (non-hydrogen) atoms. The van der Waals surface area contributed by atoms with Crippen LogP contribution in [0.25, 0.3) is 0 Å². The zero-order valence-corrected chi connectivity index (χ0v) is 9.45. The van der Waals surface area contributed by atoms with Gasteiger partial charge in [-0.2, -0.15) is 0 Å². The van der Waals surface area contributed by atoms with Gasteiger partial charge in [0.1, 0.15) is 0 Å². The van der Waals surface area contributed by atoms with Crippen molar-refractivity contribution >= 4 is 17.5 Å². The SMILES string of the molecule is O=C(c1ccncc1F)N1CCC(CCl)C1. The fourth-order valence-electron chi connectivity index (χ4n) is 1.86. The largest absolute Gasteiger partial charge is 0.338 e. The first-order valence-electron chi connectivity index (χ1n) is 5.17. The minimum absolute atomic E-state index is 0.0882. The second-order valence-electron chi connectivity index (χ2n) is 3.92. The van der Waals surface area contributed by atoms with Crippen LogP contribution in [0.3, 0.4) is 0 Å². The molecule has 1 aliphatic heterocycles. The monoisotopic (exact) mass is 242 g/mol. The summed E-state index contributed by atoms with van der Waals surface area (Å²) in [4.78, 5) is 17.2. The Labute approximate surface area is 98.2 Å². The van der Waals surface area contributed by atoms with E-state index in [1.54, 1.807) is 4.90 Å². The summed E-state index contributed by atoms with van der Waals surface area (Å²) in [6.45, 7) is 1.27. The molecule has 0 N–H and O–H groups in total. The minimum atomic E-state index is -0.568. The van der Waals surface area contributed by atoms with Crippen molar-refractivity contribution in [2.24, 2.45) is 5.92 Å². The van der Waals surface area contributed by atoms with Crippen LogP contribution in [0.4, 0.5) is 4.39 Å². The van der Waals surface area contributed by atoms with Crippen molar-refractivity contribution in [3.8, 4) is 0 Å². The third kappa shape index (κ3) is 2.16. The van der Waals surface area contributed by atoms with Gasteiger partial charge in [0.2, 0.25) is 0 Å². The summed E-state index contributed by atoms with van der Waals surface area (Å²) in [6.07, 6.45) is 3.37. The fourth-order valence-corrected chi connectivity index (χ4v) is 2.11. The summed E-state index contributed by atoms with van der Waals surface area (Å²) in [5.74, 6) is 0.0349. The number of nitrogens with zero attached hydrogens (tertiary/aromatic N) is 2. The predicted octanol–water partition coefficient (Wildman–Crippen LogP) is 1.92. The molecule has 0 radical (unpaired) electrons. The van der Waals surface area contributed by atoms with Gasteiger partial charge < -0.3 is 4.90 Å². The number of carbonyl (C=O) groups is 1. The van der Waals surface area contributed by atoms with E-state index in [4.69, 9.17) is 11.6 Å². The Kier molecular flexibility index (Phi) is 3.39. The molecule has 1 unspecified atom stereocenters. The molecule has 1 aromatic heterocycles. The molecule has 2 heterocycles. The van der Waals surface area contributed by atoms with E-state index in [0.29, 0.717) is 24.9 Å². The topological polar surface area (TPSA) is 33.2 Å². The van der Waals surface area contributed by atoms with Crippen LogP contribution < -0.4 is 0 Å². The van der Waals surface area contributed by atoms with Gasteiger partial charge in [-0.15, -0.1) is 11.6 Å². The van der Waals surface area contributed by atoms with Crippen molar-refractivity contribution < 1.29 is 9.18 Å². The van der Waals surface area contributed by atoms with Crippen molar-refractivity contribution in [3.05, 3.63) is 29.8 Å². The summed E-state index contributed by atoms with van der Waals surface area (Å²) >= 11 is 5.73. The van der Waals surface area contributed by atoms with Crippen LogP contribution >= 0.6 is 11.6 Å². The first kappa shape index (κ1) is 11.3. The van der Waals surface area contributed by atoms with Crippen molar-refractivity contribution in [1.82, 2.24) is 9.88 Å². The lowest BCUT2D eigenvalue weighted by Gasteiger charge is -2.16. The number of amides is 1. The number of hydrogen-bond donors (Lipinski definition) is 0. The first-order chi connectivity index (χ1) is 7.72. The maximum absolute atomic E-state index is 13.3. The van der Waals surface area contributed by atoms with E-state index in [1.165, 1.54) is 12.3 Å². The van der Waals surface area contributed by atoms with Crippen molar-refractivity contribution in [2.75, 3.05) is 19.0 Å². The van der Waals surface area contributed by atoms with E-state index in [2.05, 4.69) is 4.98 Å². The van der Waals surface area contributed by atoms with Crippen LogP contribution in [0.2, 0.25) is 0 Å². The van der Waals surface area contributed by atoms with E-state index in [0.717, 1.165) is 12.6 Å². The molecule has 1 aliphatic rings. The van der Waals surface area contributed by atoms with Crippen LogP contribution in [0, 0.1) is 11.7 Å². The van der Waals surface area contributed by atoms with E-state index in [1.807, 2.05) is 0 Å². The Hall–Kier alpha value is -1.16. The normalized spacial score (nSPS) is 20.1. The molecule has 0 aliphatic carbocycles. The molecule has 5 heteroatoms. The van der Waals surface area contributed by atoms with E-state index in [-0.39, 0.29) is 11.5 Å². The first-order valence-corrected chi connectivity index (χ1v) is 5.70. The maximum atomic E-state index is 13.3. The highest BCUT2D eigenvalue weighted by Gasteiger charge is 2.27. The van der Waals surface area contributed by atoms with Crippen molar-refractivity contribution in [3.63, 3.8) is 0 Å². The van der Waals surface area contributed by atoms with Crippen molar-refractivity contribution in [1.29, 1.82) is 0 Å². The molecule has 1 amide bonds. The summed E-state index contributed by atoms with van der Waals surface area (Å²) < 4.78 is 13.3. The quantitative estimate of drug-likeness (QED) is 0.743. The number of likely N-dealkylation sites (tertiary alicyclic amines) is 1. The smallest absolute Gasteiger partial charge is 0.256 e. The lowest BCUT2D eigenvalue weighted by Crippen LogP contribution is -2.29. The average Bonchev–Trinajstić information content (AvgIpc) is 2.77. The van der Waals surface area contributed by atoms with Crippen LogP contribution in [0.15, 0.2) is 18.5 Å². The highest BCUT2D eigenvalue weighted by molar-refractivity contribution is 6.18. The summed E-state index contributed by atoms with van der Waals surface area (Å²) in [6, 6.07) is 1.41. The second-order valence-corrected chi connectivity index (χ2v) is 4.22. The van der Waals surface area contributed by atoms with Gasteiger partial charge in [-0.25, -0.2) is 4.39 Å². The predicted molar refractivity (Wildman–Crippen MR) is 58.9 cm³/mol. The van der Waals surface area contributed by atoms with Gasteiger partial charge in [0.05, 0.1) is 11.8 Å². The number of pyridine rings is 1. The van der Waals surface area contributed by atoms with Crippen LogP contribution in [0.5, 0.6) is 0 Å². The molecule has 1 fully saturated rings. The average molecular weight is 243 g/mol. The van der Waals surface area contributed by atoms with Gasteiger partial charge in [0.25, 0.3) is 5.91 Å².